The first-order valence-corrected chi connectivity index (χ1v) is 7.03. The van der Waals surface area contributed by atoms with Crippen LogP contribution in [0.25, 0.3) is 20.2 Å². The summed E-state index contributed by atoms with van der Waals surface area (Å²) in [5.74, 6) is 0. The molecule has 0 aliphatic carbocycles. The number of halogens is 1. The Balaban J connectivity index is 2.49. The zero-order valence-corrected chi connectivity index (χ0v) is 11.3. The largest absolute Gasteiger partial charge is 0.141 e. The van der Waals surface area contributed by atoms with E-state index in [-0.39, 0.29) is 0 Å². The maximum atomic E-state index is 2.39. The topological polar surface area (TPSA) is 0 Å². The third-order valence-corrected chi connectivity index (χ3v) is 5.12. The van der Waals surface area contributed by atoms with Crippen LogP contribution in [0, 0.1) is 9.81 Å². The minimum atomic E-state index is 1.37. The van der Waals surface area contributed by atoms with Crippen LogP contribution in [-0.4, -0.2) is 0 Å². The fourth-order valence-electron chi connectivity index (χ4n) is 1.67. The molecule has 0 atom stereocenters. The molecular formula is C11H7IS2. The molecule has 0 radical (unpaired) electrons. The fourth-order valence-corrected chi connectivity index (χ4v) is 4.49. The summed E-state index contributed by atoms with van der Waals surface area (Å²) < 4.78 is 4.18. The fraction of sp³-hybridized carbons (Fsp3) is 0.0909. The Morgan fingerprint density at radius 3 is 2.36 bits per heavy atom. The van der Waals surface area contributed by atoms with Gasteiger partial charge < -0.3 is 0 Å². The van der Waals surface area contributed by atoms with Crippen molar-refractivity contribution < 1.29 is 0 Å². The van der Waals surface area contributed by atoms with Gasteiger partial charge in [-0.1, -0.05) is 0 Å². The van der Waals surface area contributed by atoms with Crippen LogP contribution >= 0.6 is 45.3 Å². The van der Waals surface area contributed by atoms with Gasteiger partial charge in [0.25, 0.3) is 0 Å². The van der Waals surface area contributed by atoms with Gasteiger partial charge in [0.05, 0.1) is 2.88 Å². The molecule has 70 valence electrons. The van der Waals surface area contributed by atoms with Crippen molar-refractivity contribution in [2.24, 2.45) is 0 Å². The summed E-state index contributed by atoms with van der Waals surface area (Å²) in [6, 6.07) is 9.14. The van der Waals surface area contributed by atoms with Crippen molar-refractivity contribution in [2.45, 2.75) is 6.92 Å². The predicted molar refractivity (Wildman–Crippen MR) is 74.7 cm³/mol. The van der Waals surface area contributed by atoms with Crippen molar-refractivity contribution >= 4 is 65.4 Å². The van der Waals surface area contributed by atoms with Crippen LogP contribution in [0.4, 0.5) is 0 Å². The quantitative estimate of drug-likeness (QED) is 0.507. The maximum absolute atomic E-state index is 2.39. The highest BCUT2D eigenvalue weighted by Gasteiger charge is 2.03. The molecular weight excluding hydrogens is 323 g/mol. The van der Waals surface area contributed by atoms with Gasteiger partial charge in [0, 0.05) is 14.3 Å². The molecule has 3 rings (SSSR count). The molecule has 0 saturated carbocycles. The molecule has 0 saturated heterocycles. The normalized spacial score (nSPS) is 11.6. The zero-order valence-electron chi connectivity index (χ0n) is 7.50. The molecule has 1 aromatic carbocycles. The van der Waals surface area contributed by atoms with Crippen LogP contribution < -0.4 is 0 Å². The zero-order chi connectivity index (χ0) is 9.71. The highest BCUT2D eigenvalue weighted by atomic mass is 127. The molecule has 0 N–H and O–H groups in total. The number of benzene rings is 1. The van der Waals surface area contributed by atoms with Crippen LogP contribution in [0.5, 0.6) is 0 Å². The molecule has 2 heterocycles. The molecule has 14 heavy (non-hydrogen) atoms. The van der Waals surface area contributed by atoms with Crippen molar-refractivity contribution in [3.63, 3.8) is 0 Å². The summed E-state index contributed by atoms with van der Waals surface area (Å²) in [6.07, 6.45) is 0. The van der Waals surface area contributed by atoms with E-state index in [0.717, 1.165) is 0 Å². The van der Waals surface area contributed by atoms with E-state index >= 15 is 0 Å². The Morgan fingerprint density at radius 2 is 1.57 bits per heavy atom. The smallest absolute Gasteiger partial charge is 0.0666 e. The lowest BCUT2D eigenvalue weighted by Gasteiger charge is -1.89. The summed E-state index contributed by atoms with van der Waals surface area (Å²) >= 11 is 6.13. The standard InChI is InChI=1S/C11H7IS2/c1-6-2-7-3-10-8(4-9(7)13-6)5-11(12)14-10/h2-5H,1H3. The van der Waals surface area contributed by atoms with Gasteiger partial charge in [-0.25, -0.2) is 0 Å². The first-order chi connectivity index (χ1) is 6.72. The van der Waals surface area contributed by atoms with Crippen molar-refractivity contribution in [2.75, 3.05) is 0 Å². The Morgan fingerprint density at radius 1 is 0.929 bits per heavy atom. The Bertz CT molecular complexity index is 516. The second-order valence-corrected chi connectivity index (χ2v) is 7.60. The molecule has 0 aliphatic rings. The molecule has 0 nitrogen and oxygen atoms in total. The van der Waals surface area contributed by atoms with Gasteiger partial charge in [0.2, 0.25) is 0 Å². The first kappa shape index (κ1) is 9.12. The van der Waals surface area contributed by atoms with Gasteiger partial charge in [0.15, 0.2) is 0 Å². The summed E-state index contributed by atoms with van der Waals surface area (Å²) in [5.41, 5.74) is 0. The molecule has 0 amide bonds. The van der Waals surface area contributed by atoms with E-state index in [1.807, 2.05) is 22.7 Å². The van der Waals surface area contributed by atoms with E-state index in [1.165, 1.54) is 27.9 Å². The Kier molecular flexibility index (Phi) is 2.07. The summed E-state index contributed by atoms with van der Waals surface area (Å²) in [7, 11) is 0. The summed E-state index contributed by atoms with van der Waals surface area (Å²) in [5, 5.41) is 2.77. The van der Waals surface area contributed by atoms with Gasteiger partial charge >= 0.3 is 0 Å². The van der Waals surface area contributed by atoms with Gasteiger partial charge in [-0.15, -0.1) is 22.7 Å². The SMILES string of the molecule is Cc1cc2cc3sc(I)cc3cc2s1. The third kappa shape index (κ3) is 1.38. The average molecular weight is 330 g/mol. The summed E-state index contributed by atoms with van der Waals surface area (Å²) in [6.45, 7) is 2.17. The third-order valence-electron chi connectivity index (χ3n) is 2.25. The highest BCUT2D eigenvalue weighted by Crippen LogP contribution is 2.34. The van der Waals surface area contributed by atoms with E-state index in [0.29, 0.717) is 0 Å². The minimum absolute atomic E-state index is 1.37. The molecule has 0 aliphatic heterocycles. The lowest BCUT2D eigenvalue weighted by Crippen LogP contribution is -1.62. The lowest BCUT2D eigenvalue weighted by molar-refractivity contribution is 1.66. The number of aryl methyl sites for hydroxylation is 1. The number of hydrogen-bond donors (Lipinski definition) is 0. The predicted octanol–water partition coefficient (Wildman–Crippen LogP) is 5.03. The second kappa shape index (κ2) is 3.18. The number of rotatable bonds is 0. The second-order valence-electron chi connectivity index (χ2n) is 3.34. The highest BCUT2D eigenvalue weighted by molar-refractivity contribution is 14.1. The minimum Gasteiger partial charge on any atom is -0.141 e. The van der Waals surface area contributed by atoms with Gasteiger partial charge in [-0.2, -0.15) is 0 Å². The Hall–Kier alpha value is -0.130. The van der Waals surface area contributed by atoms with Crippen LogP contribution in [0.1, 0.15) is 4.88 Å². The van der Waals surface area contributed by atoms with E-state index in [4.69, 9.17) is 0 Å². The van der Waals surface area contributed by atoms with Crippen molar-refractivity contribution in [3.8, 4) is 0 Å². The van der Waals surface area contributed by atoms with Gasteiger partial charge in [-0.3, -0.25) is 0 Å². The van der Waals surface area contributed by atoms with Crippen LogP contribution in [0.2, 0.25) is 0 Å². The van der Waals surface area contributed by atoms with Crippen molar-refractivity contribution in [3.05, 3.63) is 32.0 Å². The Labute approximate surface area is 104 Å². The molecule has 3 heteroatoms. The molecule has 3 aromatic rings. The van der Waals surface area contributed by atoms with Crippen LogP contribution in [-0.2, 0) is 0 Å². The maximum Gasteiger partial charge on any atom is 0.0666 e. The molecule has 0 spiro atoms. The van der Waals surface area contributed by atoms with Crippen LogP contribution in [0.15, 0.2) is 24.3 Å². The van der Waals surface area contributed by atoms with E-state index < -0.39 is 0 Å². The first-order valence-electron chi connectivity index (χ1n) is 4.31. The molecule has 0 unspecified atom stereocenters. The van der Waals surface area contributed by atoms with Crippen molar-refractivity contribution in [1.82, 2.24) is 0 Å². The lowest BCUT2D eigenvalue weighted by atomic mass is 10.2. The molecule has 2 aromatic heterocycles. The van der Waals surface area contributed by atoms with Gasteiger partial charge in [0.1, 0.15) is 0 Å². The average Bonchev–Trinajstić information content (AvgIpc) is 2.59. The van der Waals surface area contributed by atoms with E-state index in [9.17, 15) is 0 Å². The van der Waals surface area contributed by atoms with Gasteiger partial charge in [-0.05, 0) is 64.6 Å². The summed E-state index contributed by atoms with van der Waals surface area (Å²) in [4.78, 5) is 1.40. The number of thiophene rings is 2. The van der Waals surface area contributed by atoms with Crippen LogP contribution in [0.3, 0.4) is 0 Å². The van der Waals surface area contributed by atoms with E-state index in [1.54, 1.807) is 0 Å². The molecule has 0 bridgehead atoms. The van der Waals surface area contributed by atoms with E-state index in [2.05, 4.69) is 53.8 Å². The van der Waals surface area contributed by atoms with Crippen molar-refractivity contribution in [1.29, 1.82) is 0 Å². The number of hydrogen-bond acceptors (Lipinski definition) is 2. The molecule has 0 fully saturated rings. The monoisotopic (exact) mass is 330 g/mol. The number of fused-ring (bicyclic) bond motifs is 2.